The molecule has 1 aliphatic heterocycles. The number of piperazine rings is 1. The molecular formula is C21H22N8O2S. The summed E-state index contributed by atoms with van der Waals surface area (Å²) in [6.45, 7) is 3.28. The number of carbonyl (C=O) groups excluding carboxylic acids is 1. The number of hydrogen-bond acceptors (Lipinski definition) is 9. The fourth-order valence-electron chi connectivity index (χ4n) is 3.80. The van der Waals surface area contributed by atoms with Crippen molar-refractivity contribution in [1.82, 2.24) is 40.1 Å². The molecule has 0 N–H and O–H groups in total. The van der Waals surface area contributed by atoms with Gasteiger partial charge in [0.05, 0.1) is 11.4 Å². The van der Waals surface area contributed by atoms with E-state index >= 15 is 0 Å². The molecule has 0 saturated carbocycles. The molecule has 1 atom stereocenters. The first-order valence-corrected chi connectivity index (χ1v) is 11.3. The minimum atomic E-state index is -0.469. The van der Waals surface area contributed by atoms with Crippen molar-refractivity contribution in [3.8, 4) is 10.7 Å². The minimum absolute atomic E-state index is 0.0265. The second-order valence-corrected chi connectivity index (χ2v) is 8.53. The lowest BCUT2D eigenvalue weighted by Crippen LogP contribution is -2.50. The normalized spacial score (nSPS) is 15.7. The van der Waals surface area contributed by atoms with E-state index in [9.17, 15) is 4.79 Å². The SMILES string of the molecule is O=C(C(Cc1ccccc1)n1cnnn1)N1CCN(Cc2nc(-c3cccs3)no2)CC1. The van der Waals surface area contributed by atoms with Crippen LogP contribution in [-0.2, 0) is 17.8 Å². The molecule has 1 unspecified atom stereocenters. The van der Waals surface area contributed by atoms with Crippen LogP contribution in [0.5, 0.6) is 0 Å². The molecule has 1 aromatic carbocycles. The first-order chi connectivity index (χ1) is 15.8. The summed E-state index contributed by atoms with van der Waals surface area (Å²) in [5, 5.41) is 17.5. The van der Waals surface area contributed by atoms with Crippen molar-refractivity contribution >= 4 is 17.2 Å². The Morgan fingerprint density at radius 2 is 1.94 bits per heavy atom. The Balaban J connectivity index is 1.20. The van der Waals surface area contributed by atoms with Gasteiger partial charge >= 0.3 is 0 Å². The van der Waals surface area contributed by atoms with Crippen molar-refractivity contribution in [2.24, 2.45) is 0 Å². The van der Waals surface area contributed by atoms with Gasteiger partial charge in [-0.3, -0.25) is 9.69 Å². The average molecular weight is 451 g/mol. The number of carbonyl (C=O) groups is 1. The van der Waals surface area contributed by atoms with Gasteiger partial charge in [-0.25, -0.2) is 4.68 Å². The molecule has 0 spiro atoms. The van der Waals surface area contributed by atoms with Crippen LogP contribution >= 0.6 is 11.3 Å². The predicted molar refractivity (Wildman–Crippen MR) is 116 cm³/mol. The van der Waals surface area contributed by atoms with Gasteiger partial charge in [0, 0.05) is 32.6 Å². The Hall–Kier alpha value is -3.44. The highest BCUT2D eigenvalue weighted by Gasteiger charge is 2.30. The molecule has 0 bridgehead atoms. The molecule has 5 rings (SSSR count). The molecule has 1 saturated heterocycles. The number of hydrogen-bond donors (Lipinski definition) is 0. The van der Waals surface area contributed by atoms with Crippen LogP contribution in [0.1, 0.15) is 17.5 Å². The molecule has 1 aliphatic rings. The van der Waals surface area contributed by atoms with Crippen LogP contribution in [-0.4, -0.2) is 72.2 Å². The maximum atomic E-state index is 13.4. The Bertz CT molecular complexity index is 1120. The largest absolute Gasteiger partial charge is 0.338 e. The third-order valence-electron chi connectivity index (χ3n) is 5.49. The topological polar surface area (TPSA) is 106 Å². The predicted octanol–water partition coefficient (Wildman–Crippen LogP) is 1.91. The van der Waals surface area contributed by atoms with Crippen LogP contribution in [0.25, 0.3) is 10.7 Å². The lowest BCUT2D eigenvalue weighted by molar-refractivity contribution is -0.137. The molecule has 4 aromatic rings. The van der Waals surface area contributed by atoms with Gasteiger partial charge in [0.25, 0.3) is 0 Å². The van der Waals surface area contributed by atoms with Crippen LogP contribution in [0.15, 0.2) is 58.7 Å². The van der Waals surface area contributed by atoms with Crippen LogP contribution in [0, 0.1) is 0 Å². The van der Waals surface area contributed by atoms with Gasteiger partial charge in [-0.15, -0.1) is 16.4 Å². The number of amides is 1. The van der Waals surface area contributed by atoms with Crippen LogP contribution < -0.4 is 0 Å². The lowest BCUT2D eigenvalue weighted by Gasteiger charge is -2.35. The number of tetrazole rings is 1. The van der Waals surface area contributed by atoms with E-state index in [1.807, 2.05) is 52.7 Å². The average Bonchev–Trinajstić information content (AvgIpc) is 3.61. The highest BCUT2D eigenvalue weighted by atomic mass is 32.1. The van der Waals surface area contributed by atoms with E-state index in [2.05, 4.69) is 30.6 Å². The summed E-state index contributed by atoms with van der Waals surface area (Å²) >= 11 is 1.58. The van der Waals surface area contributed by atoms with Gasteiger partial charge in [-0.2, -0.15) is 4.98 Å². The van der Waals surface area contributed by atoms with Gasteiger partial charge in [0.1, 0.15) is 12.4 Å². The van der Waals surface area contributed by atoms with Crippen LogP contribution in [0.2, 0.25) is 0 Å². The van der Waals surface area contributed by atoms with Gasteiger partial charge in [-0.1, -0.05) is 41.6 Å². The first kappa shape index (κ1) is 20.5. The van der Waals surface area contributed by atoms with E-state index in [-0.39, 0.29) is 5.91 Å². The van der Waals surface area contributed by atoms with E-state index in [1.54, 1.807) is 16.0 Å². The molecule has 1 fully saturated rings. The molecular weight excluding hydrogens is 428 g/mol. The molecule has 0 aliphatic carbocycles. The Kier molecular flexibility index (Phi) is 5.99. The molecule has 164 valence electrons. The molecule has 3 aromatic heterocycles. The van der Waals surface area contributed by atoms with E-state index in [0.29, 0.717) is 37.8 Å². The van der Waals surface area contributed by atoms with Crippen LogP contribution in [0.4, 0.5) is 0 Å². The van der Waals surface area contributed by atoms with E-state index in [1.165, 1.54) is 6.33 Å². The third-order valence-corrected chi connectivity index (χ3v) is 6.36. The number of benzene rings is 1. The Labute approximate surface area is 188 Å². The molecule has 10 nitrogen and oxygen atoms in total. The zero-order valence-corrected chi connectivity index (χ0v) is 18.1. The van der Waals surface area contributed by atoms with Gasteiger partial charge in [0.2, 0.25) is 17.6 Å². The zero-order chi connectivity index (χ0) is 21.8. The quantitative estimate of drug-likeness (QED) is 0.420. The molecule has 32 heavy (non-hydrogen) atoms. The lowest BCUT2D eigenvalue weighted by atomic mass is 10.0. The smallest absolute Gasteiger partial charge is 0.248 e. The fourth-order valence-corrected chi connectivity index (χ4v) is 4.45. The van der Waals surface area contributed by atoms with Crippen molar-refractivity contribution in [2.45, 2.75) is 19.0 Å². The highest BCUT2D eigenvalue weighted by molar-refractivity contribution is 7.13. The summed E-state index contributed by atoms with van der Waals surface area (Å²) in [4.78, 5) is 22.9. The van der Waals surface area contributed by atoms with Crippen molar-refractivity contribution in [2.75, 3.05) is 26.2 Å². The van der Waals surface area contributed by atoms with Crippen LogP contribution in [0.3, 0.4) is 0 Å². The number of nitrogens with zero attached hydrogens (tertiary/aromatic N) is 8. The highest BCUT2D eigenvalue weighted by Crippen LogP contribution is 2.22. The summed E-state index contributed by atoms with van der Waals surface area (Å²) in [6, 6.07) is 13.4. The Morgan fingerprint density at radius 1 is 1.09 bits per heavy atom. The van der Waals surface area contributed by atoms with Crippen molar-refractivity contribution < 1.29 is 9.32 Å². The third kappa shape index (κ3) is 4.58. The summed E-state index contributed by atoms with van der Waals surface area (Å²) in [7, 11) is 0. The summed E-state index contributed by atoms with van der Waals surface area (Å²) < 4.78 is 6.96. The monoisotopic (exact) mass is 450 g/mol. The summed E-state index contributed by atoms with van der Waals surface area (Å²) in [5.74, 6) is 1.23. The Morgan fingerprint density at radius 3 is 2.66 bits per heavy atom. The first-order valence-electron chi connectivity index (χ1n) is 10.4. The minimum Gasteiger partial charge on any atom is -0.338 e. The second kappa shape index (κ2) is 9.37. The van der Waals surface area contributed by atoms with Crippen molar-refractivity contribution in [1.29, 1.82) is 0 Å². The maximum absolute atomic E-state index is 13.4. The zero-order valence-electron chi connectivity index (χ0n) is 17.3. The molecule has 1 amide bonds. The fraction of sp³-hybridized carbons (Fsp3) is 0.333. The molecule has 4 heterocycles. The standard InChI is InChI=1S/C21H22N8O2S/c30-21(17(29-15-22-25-26-29)13-16-5-2-1-3-6-16)28-10-8-27(9-11-28)14-19-23-20(24-31-19)18-7-4-12-32-18/h1-7,12,15,17H,8-11,13-14H2. The van der Waals surface area contributed by atoms with E-state index in [4.69, 9.17) is 4.52 Å². The van der Waals surface area contributed by atoms with E-state index < -0.39 is 6.04 Å². The van der Waals surface area contributed by atoms with Gasteiger partial charge in [-0.05, 0) is 27.4 Å². The van der Waals surface area contributed by atoms with Crippen molar-refractivity contribution in [3.63, 3.8) is 0 Å². The van der Waals surface area contributed by atoms with Crippen molar-refractivity contribution in [3.05, 3.63) is 65.6 Å². The second-order valence-electron chi connectivity index (χ2n) is 7.59. The summed E-state index contributed by atoms with van der Waals surface area (Å²) in [6.07, 6.45) is 2.04. The number of aromatic nitrogens is 6. The number of rotatable bonds is 7. The summed E-state index contributed by atoms with van der Waals surface area (Å²) in [5.41, 5.74) is 1.07. The molecule has 0 radical (unpaired) electrons. The van der Waals surface area contributed by atoms with E-state index in [0.717, 1.165) is 23.5 Å². The van der Waals surface area contributed by atoms with Gasteiger partial charge < -0.3 is 9.42 Å². The maximum Gasteiger partial charge on any atom is 0.248 e. The molecule has 11 heteroatoms. The van der Waals surface area contributed by atoms with Gasteiger partial charge in [0.15, 0.2) is 0 Å². The number of thiophene rings is 1.